The van der Waals surface area contributed by atoms with Crippen molar-refractivity contribution in [1.29, 1.82) is 0 Å². The monoisotopic (exact) mass is 654 g/mol. The number of ether oxygens (including phenoxy) is 1. The van der Waals surface area contributed by atoms with Crippen LogP contribution in [0.25, 0.3) is 22.1 Å². The second-order valence-corrected chi connectivity index (χ2v) is 13.3. The number of nitrogens with one attached hydrogen (secondary N) is 2. The van der Waals surface area contributed by atoms with Crippen LogP contribution in [0.5, 0.6) is 0 Å². The molecule has 49 heavy (non-hydrogen) atoms. The largest absolute Gasteiger partial charge is 0.478 e. The van der Waals surface area contributed by atoms with E-state index in [2.05, 4.69) is 74.5 Å². The number of aryl methyl sites for hydroxylation is 2. The number of carboxylic acid groups (broad SMARTS) is 1. The van der Waals surface area contributed by atoms with Crippen LogP contribution in [0, 0.1) is 0 Å². The zero-order chi connectivity index (χ0) is 33.7. The van der Waals surface area contributed by atoms with Crippen LogP contribution in [0.2, 0.25) is 0 Å². The van der Waals surface area contributed by atoms with Crippen molar-refractivity contribution in [3.8, 4) is 0 Å². The molecule has 8 rings (SSSR count). The number of hydrogen-bond acceptors (Lipinski definition) is 5. The van der Waals surface area contributed by atoms with Gasteiger partial charge >= 0.3 is 11.9 Å². The fourth-order valence-electron chi connectivity index (χ4n) is 7.84. The van der Waals surface area contributed by atoms with Gasteiger partial charge in [-0.15, -0.1) is 0 Å². The molecule has 0 spiro atoms. The Balaban J connectivity index is 0.000000154. The van der Waals surface area contributed by atoms with Crippen molar-refractivity contribution < 1.29 is 19.4 Å². The molecule has 0 aliphatic heterocycles. The molecule has 2 unspecified atom stereocenters. The first kappa shape index (κ1) is 32.3. The van der Waals surface area contributed by atoms with Gasteiger partial charge in [-0.2, -0.15) is 0 Å². The number of esters is 1. The Labute approximate surface area is 286 Å². The Morgan fingerprint density at radius 1 is 0.714 bits per heavy atom. The Kier molecular flexibility index (Phi) is 9.55. The molecular formula is C41H42N4O4. The van der Waals surface area contributed by atoms with E-state index in [-0.39, 0.29) is 11.5 Å². The summed E-state index contributed by atoms with van der Waals surface area (Å²) in [7, 11) is 1.40. The SMILES string of the molecule is COC(=O)c1ccnc2cc(CC3CCCCc4ccccc43)[nH]c12.O=C(O)c1ccnc2cc(CC3CCCCc4ccccc43)[nH]c12. The highest BCUT2D eigenvalue weighted by atomic mass is 16.5. The van der Waals surface area contributed by atoms with Crippen molar-refractivity contribution >= 4 is 34.0 Å². The molecule has 6 aromatic rings. The van der Waals surface area contributed by atoms with Crippen LogP contribution < -0.4 is 0 Å². The zero-order valence-corrected chi connectivity index (χ0v) is 27.9. The Morgan fingerprint density at radius 2 is 1.20 bits per heavy atom. The molecule has 0 bridgehead atoms. The van der Waals surface area contributed by atoms with E-state index >= 15 is 0 Å². The van der Waals surface area contributed by atoms with Gasteiger partial charge in [0, 0.05) is 23.8 Å². The standard InChI is InChI=1S/C21H22N2O2.C20H20N2O2/c1-25-21(24)18-10-11-22-19-13-16(23-20(18)19)12-15-8-3-2-6-14-7-4-5-9-17(14)15;23-20(24)17-9-10-21-18-12-15(22-19(17)18)11-14-7-2-1-5-13-6-3-4-8-16(13)14/h4-5,7,9-11,13,15,23H,2-3,6,8,12H2,1H3;3-4,6,8-10,12,14,22H,1-2,5,7,11H2,(H,23,24). The third-order valence-electron chi connectivity index (χ3n) is 10.2. The number of fused-ring (bicyclic) bond motifs is 4. The predicted molar refractivity (Wildman–Crippen MR) is 191 cm³/mol. The first-order valence-electron chi connectivity index (χ1n) is 17.4. The lowest BCUT2D eigenvalue weighted by molar-refractivity contribution is 0.0601. The molecule has 0 saturated heterocycles. The third-order valence-corrected chi connectivity index (χ3v) is 10.2. The van der Waals surface area contributed by atoms with Gasteiger partial charge in [0.05, 0.1) is 40.3 Å². The average molecular weight is 655 g/mol. The zero-order valence-electron chi connectivity index (χ0n) is 27.9. The Hall–Kier alpha value is -5.24. The van der Waals surface area contributed by atoms with Gasteiger partial charge in [0.1, 0.15) is 0 Å². The minimum atomic E-state index is -0.921. The first-order chi connectivity index (χ1) is 24.0. The number of nitrogens with zero attached hydrogens (tertiary/aromatic N) is 2. The van der Waals surface area contributed by atoms with Crippen molar-refractivity contribution in [1.82, 2.24) is 19.9 Å². The highest BCUT2D eigenvalue weighted by molar-refractivity contribution is 6.02. The number of carbonyl (C=O) groups is 2. The number of benzene rings is 2. The number of carboxylic acids is 1. The lowest BCUT2D eigenvalue weighted by atomic mass is 9.89. The number of aromatic amines is 2. The van der Waals surface area contributed by atoms with Crippen LogP contribution in [0.15, 0.2) is 85.2 Å². The molecule has 2 aliphatic carbocycles. The second-order valence-electron chi connectivity index (χ2n) is 13.3. The second kappa shape index (κ2) is 14.5. The van der Waals surface area contributed by atoms with Crippen LogP contribution in [-0.2, 0) is 30.4 Å². The summed E-state index contributed by atoms with van der Waals surface area (Å²) in [6, 6.07) is 24.8. The lowest BCUT2D eigenvalue weighted by Gasteiger charge is -2.16. The fraction of sp³-hybridized carbons (Fsp3) is 0.317. The normalized spacial score (nSPS) is 17.2. The fourth-order valence-corrected chi connectivity index (χ4v) is 7.84. The van der Waals surface area contributed by atoms with E-state index in [0.717, 1.165) is 47.2 Å². The van der Waals surface area contributed by atoms with Crippen molar-refractivity contribution in [2.75, 3.05) is 7.11 Å². The molecular weight excluding hydrogens is 612 g/mol. The van der Waals surface area contributed by atoms with Gasteiger partial charge in [0.15, 0.2) is 0 Å². The summed E-state index contributed by atoms with van der Waals surface area (Å²) in [5, 5.41) is 9.33. The van der Waals surface area contributed by atoms with Gasteiger partial charge < -0.3 is 19.8 Å². The highest BCUT2D eigenvalue weighted by Gasteiger charge is 2.22. The van der Waals surface area contributed by atoms with E-state index in [0.29, 0.717) is 22.9 Å². The maximum Gasteiger partial charge on any atom is 0.340 e. The van der Waals surface area contributed by atoms with Gasteiger partial charge in [-0.1, -0.05) is 61.4 Å². The molecule has 8 nitrogen and oxygen atoms in total. The summed E-state index contributed by atoms with van der Waals surface area (Å²) in [4.78, 5) is 38.8. The summed E-state index contributed by atoms with van der Waals surface area (Å²) >= 11 is 0. The van der Waals surface area contributed by atoms with Gasteiger partial charge in [0.25, 0.3) is 0 Å². The first-order valence-corrected chi connectivity index (χ1v) is 17.4. The van der Waals surface area contributed by atoms with E-state index in [9.17, 15) is 14.7 Å². The molecule has 0 radical (unpaired) electrons. The molecule has 0 saturated carbocycles. The number of aromatic nitrogens is 4. The van der Waals surface area contributed by atoms with Crippen molar-refractivity contribution in [3.05, 3.63) is 130 Å². The molecule has 0 amide bonds. The molecule has 3 N–H and O–H groups in total. The molecule has 2 atom stereocenters. The quantitative estimate of drug-likeness (QED) is 0.122. The minimum Gasteiger partial charge on any atom is -0.478 e. The molecule has 2 aliphatic rings. The number of methoxy groups -OCH3 is 1. The van der Waals surface area contributed by atoms with Gasteiger partial charge in [-0.3, -0.25) is 9.97 Å². The molecule has 2 aromatic carbocycles. The van der Waals surface area contributed by atoms with Gasteiger partial charge in [-0.05, 0) is 110 Å². The summed E-state index contributed by atoms with van der Waals surface area (Å²) in [6.07, 6.45) is 14.7. The van der Waals surface area contributed by atoms with E-state index < -0.39 is 5.97 Å². The van der Waals surface area contributed by atoms with Crippen LogP contribution in [-0.4, -0.2) is 44.1 Å². The summed E-state index contributed by atoms with van der Waals surface area (Å²) < 4.78 is 4.88. The summed E-state index contributed by atoms with van der Waals surface area (Å²) in [5.41, 5.74) is 11.8. The number of aromatic carboxylic acids is 1. The number of carbonyl (C=O) groups excluding carboxylic acids is 1. The maximum atomic E-state index is 12.0. The average Bonchev–Trinajstić information content (AvgIpc) is 3.60. The van der Waals surface area contributed by atoms with Crippen LogP contribution in [0.3, 0.4) is 0 Å². The minimum absolute atomic E-state index is 0.285. The van der Waals surface area contributed by atoms with E-state index in [1.54, 1.807) is 24.5 Å². The van der Waals surface area contributed by atoms with E-state index in [4.69, 9.17) is 4.74 Å². The summed E-state index contributed by atoms with van der Waals surface area (Å²) in [5.74, 6) is -0.269. The van der Waals surface area contributed by atoms with Crippen molar-refractivity contribution in [2.45, 2.75) is 76.0 Å². The smallest absolute Gasteiger partial charge is 0.340 e. The predicted octanol–water partition coefficient (Wildman–Crippen LogP) is 8.72. The number of pyridine rings is 2. The Morgan fingerprint density at radius 3 is 1.71 bits per heavy atom. The third kappa shape index (κ3) is 7.00. The molecule has 4 heterocycles. The number of hydrogen-bond donors (Lipinski definition) is 3. The van der Waals surface area contributed by atoms with Gasteiger partial charge in [-0.25, -0.2) is 9.59 Å². The number of rotatable bonds is 6. The topological polar surface area (TPSA) is 121 Å². The molecule has 250 valence electrons. The molecule has 8 heteroatoms. The number of H-pyrrole nitrogens is 2. The van der Waals surface area contributed by atoms with Crippen LogP contribution in [0.1, 0.15) is 105 Å². The maximum absolute atomic E-state index is 12.0. The van der Waals surface area contributed by atoms with E-state index in [1.165, 1.54) is 74.3 Å². The van der Waals surface area contributed by atoms with E-state index in [1.807, 2.05) is 6.07 Å². The van der Waals surface area contributed by atoms with Crippen molar-refractivity contribution in [2.24, 2.45) is 0 Å². The lowest BCUT2D eigenvalue weighted by Crippen LogP contribution is -2.05. The van der Waals surface area contributed by atoms with Crippen molar-refractivity contribution in [3.63, 3.8) is 0 Å². The highest BCUT2D eigenvalue weighted by Crippen LogP contribution is 2.35. The Bertz CT molecular complexity index is 2110. The van der Waals surface area contributed by atoms with Crippen LogP contribution >= 0.6 is 0 Å². The van der Waals surface area contributed by atoms with Crippen LogP contribution in [0.4, 0.5) is 0 Å². The molecule has 4 aromatic heterocycles. The summed E-state index contributed by atoms with van der Waals surface area (Å²) in [6.45, 7) is 0. The molecule has 0 fully saturated rings. The van der Waals surface area contributed by atoms with Gasteiger partial charge in [0.2, 0.25) is 0 Å².